The molecule has 4 aromatic rings. The molecule has 28 heavy (non-hydrogen) atoms. The van der Waals surface area contributed by atoms with Gasteiger partial charge < -0.3 is 10.1 Å². The molecule has 0 aliphatic carbocycles. The zero-order chi connectivity index (χ0) is 19.3. The minimum atomic E-state index is -0.173. The van der Waals surface area contributed by atoms with E-state index < -0.39 is 0 Å². The fourth-order valence-corrected chi connectivity index (χ4v) is 2.92. The number of benzene rings is 2. The number of carbonyl (C=O) groups is 1. The molecule has 2 aromatic heterocycles. The Hall–Kier alpha value is -3.67. The van der Waals surface area contributed by atoms with E-state index in [1.165, 1.54) is 0 Å². The first-order valence-corrected chi connectivity index (χ1v) is 9.03. The van der Waals surface area contributed by atoms with Crippen LogP contribution in [0.25, 0.3) is 16.9 Å². The van der Waals surface area contributed by atoms with Crippen molar-refractivity contribution in [1.29, 1.82) is 0 Å². The monoisotopic (exact) mass is 372 g/mol. The lowest BCUT2D eigenvalue weighted by atomic mass is 10.2. The zero-order valence-corrected chi connectivity index (χ0v) is 15.5. The highest BCUT2D eigenvalue weighted by atomic mass is 16.5. The van der Waals surface area contributed by atoms with Crippen LogP contribution in [-0.4, -0.2) is 27.0 Å². The fraction of sp³-hybridized carbons (Fsp3) is 0.136. The first-order chi connectivity index (χ1) is 13.7. The van der Waals surface area contributed by atoms with Gasteiger partial charge in [0.15, 0.2) is 6.61 Å². The highest BCUT2D eigenvalue weighted by molar-refractivity contribution is 5.78. The number of para-hydroxylation sites is 3. The van der Waals surface area contributed by atoms with Gasteiger partial charge in [-0.05, 0) is 42.3 Å². The first-order valence-electron chi connectivity index (χ1n) is 9.03. The third-order valence-corrected chi connectivity index (χ3v) is 4.45. The number of imidazole rings is 1. The van der Waals surface area contributed by atoms with Gasteiger partial charge in [0.25, 0.3) is 5.91 Å². The van der Waals surface area contributed by atoms with Crippen molar-refractivity contribution in [3.05, 3.63) is 84.3 Å². The van der Waals surface area contributed by atoms with E-state index in [1.807, 2.05) is 72.2 Å². The van der Waals surface area contributed by atoms with E-state index in [1.54, 1.807) is 12.5 Å². The number of carbonyl (C=O) groups excluding carboxylic acids is 1. The average Bonchev–Trinajstić information content (AvgIpc) is 3.16. The summed E-state index contributed by atoms with van der Waals surface area (Å²) in [5, 5.41) is 2.85. The molecule has 1 amide bonds. The number of nitrogens with one attached hydrogen (secondary N) is 1. The molecule has 0 bridgehead atoms. The van der Waals surface area contributed by atoms with Gasteiger partial charge in [-0.15, -0.1) is 0 Å². The van der Waals surface area contributed by atoms with Crippen molar-refractivity contribution in [2.45, 2.75) is 13.5 Å². The lowest BCUT2D eigenvalue weighted by Gasteiger charge is -2.10. The number of pyridine rings is 1. The summed E-state index contributed by atoms with van der Waals surface area (Å²) in [6, 6.07) is 19.4. The van der Waals surface area contributed by atoms with Crippen LogP contribution in [0.15, 0.2) is 73.2 Å². The van der Waals surface area contributed by atoms with Crippen molar-refractivity contribution in [2.75, 3.05) is 6.61 Å². The second-order valence-corrected chi connectivity index (χ2v) is 6.46. The van der Waals surface area contributed by atoms with Gasteiger partial charge in [0.2, 0.25) is 0 Å². The quantitative estimate of drug-likeness (QED) is 0.563. The molecular weight excluding hydrogens is 352 g/mol. The van der Waals surface area contributed by atoms with Gasteiger partial charge in [0, 0.05) is 12.7 Å². The summed E-state index contributed by atoms with van der Waals surface area (Å²) in [5.41, 5.74) is 3.85. The van der Waals surface area contributed by atoms with Crippen molar-refractivity contribution in [1.82, 2.24) is 19.9 Å². The van der Waals surface area contributed by atoms with Crippen LogP contribution in [0, 0.1) is 6.92 Å². The Kier molecular flexibility index (Phi) is 5.01. The van der Waals surface area contributed by atoms with Gasteiger partial charge in [-0.2, -0.15) is 0 Å². The predicted molar refractivity (Wildman–Crippen MR) is 107 cm³/mol. The van der Waals surface area contributed by atoms with Crippen LogP contribution in [-0.2, 0) is 11.3 Å². The van der Waals surface area contributed by atoms with Crippen LogP contribution in [0.1, 0.15) is 11.1 Å². The summed E-state index contributed by atoms with van der Waals surface area (Å²) in [5.74, 6) is 1.33. The van der Waals surface area contributed by atoms with Gasteiger partial charge in [-0.1, -0.05) is 36.4 Å². The number of fused-ring (bicyclic) bond motifs is 1. The summed E-state index contributed by atoms with van der Waals surface area (Å²) in [7, 11) is 0. The maximum Gasteiger partial charge on any atom is 0.258 e. The second-order valence-electron chi connectivity index (χ2n) is 6.46. The van der Waals surface area contributed by atoms with Crippen LogP contribution in [0.4, 0.5) is 0 Å². The average molecular weight is 372 g/mol. The number of ether oxygens (including phenoxy) is 1. The highest BCUT2D eigenvalue weighted by Crippen LogP contribution is 2.17. The lowest BCUT2D eigenvalue weighted by Crippen LogP contribution is -2.28. The van der Waals surface area contributed by atoms with Crippen molar-refractivity contribution in [3.63, 3.8) is 0 Å². The number of hydrogen-bond acceptors (Lipinski definition) is 4. The van der Waals surface area contributed by atoms with E-state index >= 15 is 0 Å². The largest absolute Gasteiger partial charge is 0.484 e. The van der Waals surface area contributed by atoms with Crippen molar-refractivity contribution >= 4 is 16.9 Å². The van der Waals surface area contributed by atoms with Crippen LogP contribution >= 0.6 is 0 Å². The van der Waals surface area contributed by atoms with Crippen molar-refractivity contribution < 1.29 is 9.53 Å². The molecule has 0 saturated heterocycles. The fourth-order valence-electron chi connectivity index (χ4n) is 2.92. The van der Waals surface area contributed by atoms with E-state index in [0.717, 1.165) is 33.7 Å². The standard InChI is InChI=1S/C22H20N4O2/c1-16-6-2-5-9-20(16)28-14-22(27)24-13-17-10-11-21(23-12-17)26-15-25-18-7-3-4-8-19(18)26/h2-12,15H,13-14H2,1H3,(H,24,27). The number of aromatic nitrogens is 3. The molecule has 0 fully saturated rings. The van der Waals surface area contributed by atoms with Crippen LogP contribution in [0.5, 0.6) is 5.75 Å². The number of aryl methyl sites for hydroxylation is 1. The topological polar surface area (TPSA) is 69.0 Å². The van der Waals surface area contributed by atoms with Crippen LogP contribution < -0.4 is 10.1 Å². The summed E-state index contributed by atoms with van der Waals surface area (Å²) in [4.78, 5) is 20.9. The summed E-state index contributed by atoms with van der Waals surface area (Å²) in [6.45, 7) is 2.33. The maximum absolute atomic E-state index is 12.0. The molecule has 6 heteroatoms. The van der Waals surface area contributed by atoms with Crippen LogP contribution in [0.3, 0.4) is 0 Å². The predicted octanol–water partition coefficient (Wildman–Crippen LogP) is 3.42. The van der Waals surface area contributed by atoms with Crippen molar-refractivity contribution in [2.24, 2.45) is 0 Å². The summed E-state index contributed by atoms with van der Waals surface area (Å²) in [6.07, 6.45) is 3.52. The Bertz CT molecular complexity index is 1100. The van der Waals surface area contributed by atoms with E-state index in [0.29, 0.717) is 6.54 Å². The number of rotatable bonds is 6. The van der Waals surface area contributed by atoms with Gasteiger partial charge in [-0.25, -0.2) is 9.97 Å². The first kappa shape index (κ1) is 17.7. The molecule has 0 spiro atoms. The van der Waals surface area contributed by atoms with Crippen molar-refractivity contribution in [3.8, 4) is 11.6 Å². The zero-order valence-electron chi connectivity index (χ0n) is 15.5. The Morgan fingerprint density at radius 2 is 1.86 bits per heavy atom. The van der Waals surface area contributed by atoms with E-state index in [-0.39, 0.29) is 12.5 Å². The molecule has 0 aliphatic rings. The van der Waals surface area contributed by atoms with E-state index in [2.05, 4.69) is 15.3 Å². The molecule has 140 valence electrons. The minimum absolute atomic E-state index is 0.0165. The summed E-state index contributed by atoms with van der Waals surface area (Å²) >= 11 is 0. The van der Waals surface area contributed by atoms with E-state index in [4.69, 9.17) is 4.74 Å². The normalized spacial score (nSPS) is 10.8. The highest BCUT2D eigenvalue weighted by Gasteiger charge is 2.07. The molecule has 1 N–H and O–H groups in total. The third-order valence-electron chi connectivity index (χ3n) is 4.45. The SMILES string of the molecule is Cc1ccccc1OCC(=O)NCc1ccc(-n2cnc3ccccc32)nc1. The molecule has 0 radical (unpaired) electrons. The molecule has 0 saturated carbocycles. The Morgan fingerprint density at radius 1 is 1.04 bits per heavy atom. The molecule has 6 nitrogen and oxygen atoms in total. The molecule has 0 atom stereocenters. The lowest BCUT2D eigenvalue weighted by molar-refractivity contribution is -0.123. The van der Waals surface area contributed by atoms with Gasteiger partial charge in [0.1, 0.15) is 17.9 Å². The Morgan fingerprint density at radius 3 is 2.68 bits per heavy atom. The third kappa shape index (κ3) is 3.86. The number of amides is 1. The minimum Gasteiger partial charge on any atom is -0.484 e. The molecule has 0 unspecified atom stereocenters. The molecule has 4 rings (SSSR count). The molecule has 2 heterocycles. The van der Waals surface area contributed by atoms with E-state index in [9.17, 15) is 4.79 Å². The second kappa shape index (κ2) is 7.92. The molecular formula is C22H20N4O2. The van der Waals surface area contributed by atoms with Gasteiger partial charge >= 0.3 is 0 Å². The smallest absolute Gasteiger partial charge is 0.258 e. The number of nitrogens with zero attached hydrogens (tertiary/aromatic N) is 3. The maximum atomic E-state index is 12.0. The number of hydrogen-bond donors (Lipinski definition) is 1. The van der Waals surface area contributed by atoms with Crippen LogP contribution in [0.2, 0.25) is 0 Å². The summed E-state index contributed by atoms with van der Waals surface area (Å²) < 4.78 is 7.50. The van der Waals surface area contributed by atoms with Gasteiger partial charge in [0.05, 0.1) is 11.0 Å². The molecule has 0 aliphatic heterocycles. The Labute approximate surface area is 162 Å². The Balaban J connectivity index is 1.34. The van der Waals surface area contributed by atoms with Gasteiger partial charge in [-0.3, -0.25) is 9.36 Å². The molecule has 2 aromatic carbocycles.